The molecule has 0 atom stereocenters. The molecule has 4 nitrogen and oxygen atoms in total. The molecule has 102 valence electrons. The van der Waals surface area contributed by atoms with Gasteiger partial charge in [0.25, 0.3) is 0 Å². The first-order valence-corrected chi connectivity index (χ1v) is 6.99. The van der Waals surface area contributed by atoms with E-state index in [-0.39, 0.29) is 0 Å². The zero-order chi connectivity index (χ0) is 14.2. The van der Waals surface area contributed by atoms with E-state index in [1.165, 1.54) is 16.7 Å². The quantitative estimate of drug-likeness (QED) is 0.781. The number of hydrogen-bond donors (Lipinski definition) is 1. The van der Waals surface area contributed by atoms with Gasteiger partial charge in [-0.2, -0.15) is 10.4 Å². The van der Waals surface area contributed by atoms with Crippen LogP contribution in [0, 0.1) is 11.3 Å². The molecule has 1 aliphatic rings. The van der Waals surface area contributed by atoms with Gasteiger partial charge in [-0.3, -0.25) is 10.00 Å². The molecule has 0 unspecified atom stereocenters. The Morgan fingerprint density at radius 2 is 2.10 bits per heavy atom. The fourth-order valence-electron chi connectivity index (χ4n) is 3.11. The smallest absolute Gasteiger partial charge is 0.0995 e. The van der Waals surface area contributed by atoms with E-state index in [2.05, 4.69) is 45.4 Å². The van der Waals surface area contributed by atoms with Crippen molar-refractivity contribution in [3.63, 3.8) is 0 Å². The normalized spacial score (nSPS) is 14.2. The molecule has 1 aliphatic heterocycles. The highest BCUT2D eigenvalue weighted by Crippen LogP contribution is 2.28. The summed E-state index contributed by atoms with van der Waals surface area (Å²) < 4.78 is 0. The lowest BCUT2D eigenvalue weighted by molar-refractivity contribution is 0.276. The highest BCUT2D eigenvalue weighted by atomic mass is 15.1. The van der Waals surface area contributed by atoms with E-state index in [4.69, 9.17) is 0 Å². The maximum absolute atomic E-state index is 9.21. The Kier molecular flexibility index (Phi) is 2.73. The Labute approximate surface area is 122 Å². The number of nitrogens with one attached hydrogen (secondary N) is 1. The average molecular weight is 274 g/mol. The predicted molar refractivity (Wildman–Crippen MR) is 80.2 cm³/mol. The zero-order valence-electron chi connectivity index (χ0n) is 11.5. The molecule has 0 fully saturated rings. The van der Waals surface area contributed by atoms with Crippen LogP contribution in [0.4, 0.5) is 0 Å². The molecule has 0 saturated carbocycles. The van der Waals surface area contributed by atoms with Crippen LogP contribution in [0.15, 0.2) is 42.6 Å². The van der Waals surface area contributed by atoms with Gasteiger partial charge in [-0.05, 0) is 22.8 Å². The summed E-state index contributed by atoms with van der Waals surface area (Å²) in [4.78, 5) is 2.36. The number of nitrogens with zero attached hydrogens (tertiary/aromatic N) is 3. The van der Waals surface area contributed by atoms with E-state index in [9.17, 15) is 5.26 Å². The highest BCUT2D eigenvalue weighted by Gasteiger charge is 2.22. The summed E-state index contributed by atoms with van der Waals surface area (Å²) in [5.74, 6) is 0. The van der Waals surface area contributed by atoms with Crippen molar-refractivity contribution in [2.24, 2.45) is 0 Å². The van der Waals surface area contributed by atoms with Crippen LogP contribution in [0.5, 0.6) is 0 Å². The highest BCUT2D eigenvalue weighted by molar-refractivity contribution is 5.81. The maximum Gasteiger partial charge on any atom is 0.0995 e. The van der Waals surface area contributed by atoms with Crippen LogP contribution in [0.1, 0.15) is 22.3 Å². The fraction of sp³-hybridized carbons (Fsp3) is 0.176. The van der Waals surface area contributed by atoms with Crippen LogP contribution in [-0.4, -0.2) is 15.1 Å². The minimum absolute atomic E-state index is 0.801. The van der Waals surface area contributed by atoms with Crippen molar-refractivity contribution in [1.29, 1.82) is 5.26 Å². The Balaban J connectivity index is 1.63. The monoisotopic (exact) mass is 274 g/mol. The number of benzene rings is 2. The molecule has 0 radical (unpaired) electrons. The molecular weight excluding hydrogens is 260 g/mol. The molecule has 21 heavy (non-hydrogen) atoms. The number of nitriles is 1. The summed E-state index contributed by atoms with van der Waals surface area (Å²) in [6, 6.07) is 14.5. The zero-order valence-corrected chi connectivity index (χ0v) is 11.5. The van der Waals surface area contributed by atoms with E-state index in [1.807, 2.05) is 18.3 Å². The van der Waals surface area contributed by atoms with Gasteiger partial charge in [-0.15, -0.1) is 0 Å². The second kappa shape index (κ2) is 4.72. The summed E-state index contributed by atoms with van der Waals surface area (Å²) in [6.45, 7) is 2.60. The largest absolute Gasteiger partial charge is 0.290 e. The van der Waals surface area contributed by atoms with Crippen LogP contribution in [0.2, 0.25) is 0 Å². The summed E-state index contributed by atoms with van der Waals surface area (Å²) in [5, 5.41) is 17.5. The molecule has 4 rings (SSSR count). The predicted octanol–water partition coefficient (Wildman–Crippen LogP) is 2.95. The first kappa shape index (κ1) is 12.1. The second-order valence-corrected chi connectivity index (χ2v) is 5.45. The molecule has 0 aliphatic carbocycles. The third kappa shape index (κ3) is 1.99. The lowest BCUT2D eigenvalue weighted by Crippen LogP contribution is -2.16. The summed E-state index contributed by atoms with van der Waals surface area (Å²) >= 11 is 0. The standard InChI is InChI=1S/C17H14N4/c18-7-12-3-1-5-14-9-21(11-16(12)14)10-15-6-2-4-13-8-19-20-17(13)15/h1-6,8H,9-11H2,(H,19,20). The second-order valence-electron chi connectivity index (χ2n) is 5.45. The van der Waals surface area contributed by atoms with E-state index in [0.29, 0.717) is 0 Å². The van der Waals surface area contributed by atoms with Crippen molar-refractivity contribution in [2.75, 3.05) is 0 Å². The molecule has 3 aromatic rings. The van der Waals surface area contributed by atoms with Crippen molar-refractivity contribution in [3.8, 4) is 6.07 Å². The van der Waals surface area contributed by atoms with Gasteiger partial charge >= 0.3 is 0 Å². The maximum atomic E-state index is 9.21. The number of rotatable bonds is 2. The molecule has 0 amide bonds. The van der Waals surface area contributed by atoms with E-state index >= 15 is 0 Å². The number of aromatic amines is 1. The van der Waals surface area contributed by atoms with Gasteiger partial charge < -0.3 is 0 Å². The van der Waals surface area contributed by atoms with Gasteiger partial charge in [0, 0.05) is 25.0 Å². The van der Waals surface area contributed by atoms with Gasteiger partial charge in [0.15, 0.2) is 0 Å². The van der Waals surface area contributed by atoms with Gasteiger partial charge in [-0.25, -0.2) is 0 Å². The Hall–Kier alpha value is -2.64. The molecule has 0 spiro atoms. The minimum Gasteiger partial charge on any atom is -0.290 e. The Morgan fingerprint density at radius 3 is 3.00 bits per heavy atom. The lowest BCUT2D eigenvalue weighted by Gasteiger charge is -2.15. The Bertz CT molecular complexity index is 857. The topological polar surface area (TPSA) is 55.7 Å². The molecule has 4 heteroatoms. The van der Waals surface area contributed by atoms with Gasteiger partial charge in [-0.1, -0.05) is 30.3 Å². The molecule has 2 aromatic carbocycles. The fourth-order valence-corrected chi connectivity index (χ4v) is 3.11. The van der Waals surface area contributed by atoms with Gasteiger partial charge in [0.05, 0.1) is 23.3 Å². The van der Waals surface area contributed by atoms with Crippen LogP contribution >= 0.6 is 0 Å². The molecule has 0 bridgehead atoms. The summed E-state index contributed by atoms with van der Waals surface area (Å²) in [7, 11) is 0. The summed E-state index contributed by atoms with van der Waals surface area (Å²) in [5.41, 5.74) is 5.60. The van der Waals surface area contributed by atoms with Crippen molar-refractivity contribution in [3.05, 3.63) is 64.8 Å². The molecule has 1 N–H and O–H groups in total. The van der Waals surface area contributed by atoms with E-state index in [0.717, 1.165) is 36.1 Å². The van der Waals surface area contributed by atoms with E-state index < -0.39 is 0 Å². The molecular formula is C17H14N4. The van der Waals surface area contributed by atoms with Crippen LogP contribution in [0.25, 0.3) is 10.9 Å². The average Bonchev–Trinajstić information content (AvgIpc) is 3.12. The third-order valence-electron chi connectivity index (χ3n) is 4.13. The van der Waals surface area contributed by atoms with Crippen molar-refractivity contribution in [1.82, 2.24) is 15.1 Å². The number of hydrogen-bond acceptors (Lipinski definition) is 3. The van der Waals surface area contributed by atoms with Crippen LogP contribution in [-0.2, 0) is 19.6 Å². The minimum atomic E-state index is 0.801. The van der Waals surface area contributed by atoms with E-state index in [1.54, 1.807) is 0 Å². The van der Waals surface area contributed by atoms with Gasteiger partial charge in [0.2, 0.25) is 0 Å². The third-order valence-corrected chi connectivity index (χ3v) is 4.13. The summed E-state index contributed by atoms with van der Waals surface area (Å²) in [6.07, 6.45) is 1.85. The number of aromatic nitrogens is 2. The van der Waals surface area contributed by atoms with Gasteiger partial charge in [0.1, 0.15) is 0 Å². The first-order valence-electron chi connectivity index (χ1n) is 6.99. The lowest BCUT2D eigenvalue weighted by atomic mass is 10.1. The SMILES string of the molecule is N#Cc1cccc2c1CN(Cc1cccc3cn[nH]c13)C2. The number of H-pyrrole nitrogens is 1. The molecule has 2 heterocycles. The first-order chi connectivity index (χ1) is 10.3. The van der Waals surface area contributed by atoms with Crippen LogP contribution < -0.4 is 0 Å². The Morgan fingerprint density at radius 1 is 1.19 bits per heavy atom. The number of fused-ring (bicyclic) bond motifs is 2. The molecule has 1 aromatic heterocycles. The van der Waals surface area contributed by atoms with Crippen molar-refractivity contribution >= 4 is 10.9 Å². The molecule has 0 saturated heterocycles. The van der Waals surface area contributed by atoms with Crippen molar-refractivity contribution in [2.45, 2.75) is 19.6 Å². The number of para-hydroxylation sites is 1. The van der Waals surface area contributed by atoms with Crippen LogP contribution in [0.3, 0.4) is 0 Å². The van der Waals surface area contributed by atoms with Crippen molar-refractivity contribution < 1.29 is 0 Å².